The fourth-order valence-corrected chi connectivity index (χ4v) is 3.02. The summed E-state index contributed by atoms with van der Waals surface area (Å²) in [5.41, 5.74) is -0.469. The van der Waals surface area contributed by atoms with Crippen LogP contribution in [0.25, 0.3) is 0 Å². The van der Waals surface area contributed by atoms with Gasteiger partial charge in [-0.15, -0.1) is 0 Å². The average Bonchev–Trinajstić information content (AvgIpc) is 2.44. The lowest BCUT2D eigenvalue weighted by Crippen LogP contribution is -2.46. The summed E-state index contributed by atoms with van der Waals surface area (Å²) in [5, 5.41) is 3.64. The number of amides is 1. The minimum Gasteiger partial charge on any atom is -0.444 e. The molecule has 0 saturated heterocycles. The molecule has 0 bridgehead atoms. The maximum atomic E-state index is 12.3. The van der Waals surface area contributed by atoms with Crippen LogP contribution in [0.1, 0.15) is 53.9 Å². The van der Waals surface area contributed by atoms with Crippen LogP contribution in [0.5, 0.6) is 0 Å². The van der Waals surface area contributed by atoms with Crippen molar-refractivity contribution in [3.05, 3.63) is 0 Å². The van der Waals surface area contributed by atoms with Crippen LogP contribution in [0, 0.1) is 11.8 Å². The third-order valence-corrected chi connectivity index (χ3v) is 4.46. The first-order chi connectivity index (χ1) is 10.7. The Morgan fingerprint density at radius 2 is 1.91 bits per heavy atom. The SMILES string of the molecule is COCCN(CCNC1CC(C)CCC1C)C(=O)OC(C)(C)C. The quantitative estimate of drug-likeness (QED) is 0.779. The maximum Gasteiger partial charge on any atom is 0.410 e. The maximum absolute atomic E-state index is 12.3. The van der Waals surface area contributed by atoms with Gasteiger partial charge >= 0.3 is 6.09 Å². The molecule has 0 aliphatic heterocycles. The van der Waals surface area contributed by atoms with E-state index < -0.39 is 5.60 Å². The van der Waals surface area contributed by atoms with E-state index in [0.717, 1.165) is 12.5 Å². The van der Waals surface area contributed by atoms with Crippen LogP contribution < -0.4 is 5.32 Å². The highest BCUT2D eigenvalue weighted by atomic mass is 16.6. The van der Waals surface area contributed by atoms with Gasteiger partial charge in [-0.05, 0) is 45.4 Å². The number of nitrogens with one attached hydrogen (secondary N) is 1. The standard InChI is InChI=1S/C18H36N2O3/c1-14-7-8-15(2)16(13-14)19-9-10-20(11-12-22-6)17(21)23-18(3,4)5/h14-16,19H,7-13H2,1-6H3. The molecule has 1 saturated carbocycles. The Bertz CT molecular complexity index is 355. The third-order valence-electron chi connectivity index (χ3n) is 4.46. The minimum atomic E-state index is -0.469. The summed E-state index contributed by atoms with van der Waals surface area (Å²) >= 11 is 0. The lowest BCUT2D eigenvalue weighted by molar-refractivity contribution is 0.0200. The normalized spacial score (nSPS) is 25.2. The molecule has 1 amide bonds. The fraction of sp³-hybridized carbons (Fsp3) is 0.944. The van der Waals surface area contributed by atoms with Gasteiger partial charge in [-0.25, -0.2) is 4.79 Å². The lowest BCUT2D eigenvalue weighted by atomic mass is 9.80. The molecule has 0 aromatic heterocycles. The molecule has 1 aliphatic carbocycles. The van der Waals surface area contributed by atoms with Gasteiger partial charge in [0.15, 0.2) is 0 Å². The Balaban J connectivity index is 2.45. The molecule has 0 aromatic rings. The van der Waals surface area contributed by atoms with E-state index in [1.54, 1.807) is 12.0 Å². The molecular weight excluding hydrogens is 292 g/mol. The van der Waals surface area contributed by atoms with Crippen LogP contribution in [-0.2, 0) is 9.47 Å². The molecule has 1 N–H and O–H groups in total. The van der Waals surface area contributed by atoms with Crippen LogP contribution in [0.4, 0.5) is 4.79 Å². The number of methoxy groups -OCH3 is 1. The van der Waals surface area contributed by atoms with Crippen LogP contribution in [-0.4, -0.2) is 56.0 Å². The Morgan fingerprint density at radius 1 is 1.22 bits per heavy atom. The van der Waals surface area contributed by atoms with E-state index in [0.29, 0.717) is 31.7 Å². The second kappa shape index (κ2) is 9.48. The molecule has 0 spiro atoms. The van der Waals surface area contributed by atoms with Gasteiger partial charge in [0.25, 0.3) is 0 Å². The first-order valence-corrected chi connectivity index (χ1v) is 8.93. The van der Waals surface area contributed by atoms with Gasteiger partial charge < -0.3 is 19.7 Å². The lowest BCUT2D eigenvalue weighted by Gasteiger charge is -2.34. The summed E-state index contributed by atoms with van der Waals surface area (Å²) in [6, 6.07) is 0.557. The number of ether oxygens (including phenoxy) is 2. The van der Waals surface area contributed by atoms with Crippen molar-refractivity contribution < 1.29 is 14.3 Å². The number of carbonyl (C=O) groups is 1. The first kappa shape index (κ1) is 20.2. The number of rotatable bonds is 7. The van der Waals surface area contributed by atoms with Gasteiger partial charge in [-0.2, -0.15) is 0 Å². The molecule has 1 fully saturated rings. The number of nitrogens with zero attached hydrogens (tertiary/aromatic N) is 1. The molecule has 0 aromatic carbocycles. The van der Waals surface area contributed by atoms with Crippen molar-refractivity contribution in [2.24, 2.45) is 11.8 Å². The van der Waals surface area contributed by atoms with Crippen molar-refractivity contribution >= 4 is 6.09 Å². The molecule has 23 heavy (non-hydrogen) atoms. The van der Waals surface area contributed by atoms with Crippen molar-refractivity contribution in [3.8, 4) is 0 Å². The first-order valence-electron chi connectivity index (χ1n) is 8.93. The molecular formula is C18H36N2O3. The van der Waals surface area contributed by atoms with Crippen molar-refractivity contribution in [3.63, 3.8) is 0 Å². The van der Waals surface area contributed by atoms with Gasteiger partial charge in [-0.3, -0.25) is 0 Å². The number of carbonyl (C=O) groups excluding carboxylic acids is 1. The Kier molecular flexibility index (Phi) is 8.34. The zero-order valence-electron chi connectivity index (χ0n) is 15.9. The molecule has 3 atom stereocenters. The summed E-state index contributed by atoms with van der Waals surface area (Å²) in [6.45, 7) is 12.8. The number of hydrogen-bond acceptors (Lipinski definition) is 4. The molecule has 1 rings (SSSR count). The van der Waals surface area contributed by atoms with E-state index in [4.69, 9.17) is 9.47 Å². The molecule has 0 heterocycles. The smallest absolute Gasteiger partial charge is 0.410 e. The summed E-state index contributed by atoms with van der Waals surface area (Å²) in [4.78, 5) is 14.0. The monoisotopic (exact) mass is 328 g/mol. The van der Waals surface area contributed by atoms with Crippen LogP contribution in [0.15, 0.2) is 0 Å². The predicted molar refractivity (Wildman–Crippen MR) is 93.7 cm³/mol. The fourth-order valence-electron chi connectivity index (χ4n) is 3.02. The summed E-state index contributed by atoms with van der Waals surface area (Å²) in [6.07, 6.45) is 3.59. The van der Waals surface area contributed by atoms with E-state index >= 15 is 0 Å². The Hall–Kier alpha value is -0.810. The molecule has 0 radical (unpaired) electrons. The van der Waals surface area contributed by atoms with E-state index in [1.165, 1.54) is 19.3 Å². The van der Waals surface area contributed by atoms with Gasteiger partial charge in [0, 0.05) is 32.8 Å². The van der Waals surface area contributed by atoms with Crippen molar-refractivity contribution in [1.29, 1.82) is 0 Å². The third kappa shape index (κ3) is 8.02. The van der Waals surface area contributed by atoms with Crippen LogP contribution >= 0.6 is 0 Å². The second-order valence-corrected chi connectivity index (χ2v) is 7.92. The summed E-state index contributed by atoms with van der Waals surface area (Å²) < 4.78 is 10.6. The topological polar surface area (TPSA) is 50.8 Å². The summed E-state index contributed by atoms with van der Waals surface area (Å²) in [7, 11) is 1.65. The predicted octanol–water partition coefficient (Wildman–Crippen LogP) is 3.28. The van der Waals surface area contributed by atoms with Gasteiger partial charge in [0.1, 0.15) is 5.60 Å². The Labute approximate surface area is 142 Å². The van der Waals surface area contributed by atoms with Crippen molar-refractivity contribution in [1.82, 2.24) is 10.2 Å². The van der Waals surface area contributed by atoms with E-state index in [2.05, 4.69) is 19.2 Å². The van der Waals surface area contributed by atoms with Crippen LogP contribution in [0.2, 0.25) is 0 Å². The van der Waals surface area contributed by atoms with Gasteiger partial charge in [-0.1, -0.05) is 20.3 Å². The van der Waals surface area contributed by atoms with Gasteiger partial charge in [0.05, 0.1) is 6.61 Å². The minimum absolute atomic E-state index is 0.263. The largest absolute Gasteiger partial charge is 0.444 e. The molecule has 5 nitrogen and oxygen atoms in total. The molecule has 1 aliphatic rings. The highest BCUT2D eigenvalue weighted by molar-refractivity contribution is 5.68. The zero-order valence-corrected chi connectivity index (χ0v) is 15.9. The second-order valence-electron chi connectivity index (χ2n) is 7.92. The number of hydrogen-bond donors (Lipinski definition) is 1. The average molecular weight is 328 g/mol. The van der Waals surface area contributed by atoms with E-state index in [-0.39, 0.29) is 6.09 Å². The Morgan fingerprint density at radius 3 is 2.52 bits per heavy atom. The highest BCUT2D eigenvalue weighted by Crippen LogP contribution is 2.28. The molecule has 136 valence electrons. The van der Waals surface area contributed by atoms with Crippen LogP contribution in [0.3, 0.4) is 0 Å². The van der Waals surface area contributed by atoms with Crippen molar-refractivity contribution in [2.45, 2.75) is 65.5 Å². The van der Waals surface area contributed by atoms with Gasteiger partial charge in [0.2, 0.25) is 0 Å². The summed E-state index contributed by atoms with van der Waals surface area (Å²) in [5.74, 6) is 1.50. The van der Waals surface area contributed by atoms with E-state index in [1.807, 2.05) is 20.8 Å². The van der Waals surface area contributed by atoms with E-state index in [9.17, 15) is 4.79 Å². The van der Waals surface area contributed by atoms with Crippen molar-refractivity contribution in [2.75, 3.05) is 33.4 Å². The molecule has 3 unspecified atom stereocenters. The molecule has 5 heteroatoms. The zero-order chi connectivity index (χ0) is 17.5. The highest BCUT2D eigenvalue weighted by Gasteiger charge is 2.26.